The first kappa shape index (κ1) is 32.7. The Morgan fingerprint density at radius 3 is 1.19 bits per heavy atom. The molecule has 0 aliphatic carbocycles. The van der Waals surface area contributed by atoms with Gasteiger partial charge in [0.25, 0.3) is 0 Å². The number of aromatic nitrogens is 1. The molecule has 8 aromatic carbocycles. The maximum atomic E-state index is 5.11. The highest BCUT2D eigenvalue weighted by molar-refractivity contribution is 7.80. The lowest BCUT2D eigenvalue weighted by Gasteiger charge is -2.26. The zero-order chi connectivity index (χ0) is 35.6. The maximum Gasteiger partial charge on any atom is 0.124 e. The minimum absolute atomic E-state index is 0.909. The summed E-state index contributed by atoms with van der Waals surface area (Å²) in [5.41, 5.74) is 14.6. The average molecular weight is 715 g/mol. The van der Waals surface area contributed by atoms with E-state index in [9.17, 15) is 0 Å². The fourth-order valence-electron chi connectivity index (χ4n) is 7.02. The van der Waals surface area contributed by atoms with Gasteiger partial charge in [0.2, 0.25) is 0 Å². The van der Waals surface area contributed by atoms with Gasteiger partial charge in [0.15, 0.2) is 0 Å². The summed E-state index contributed by atoms with van der Waals surface area (Å²) < 4.78 is 1.15. The molecule has 0 amide bonds. The van der Waals surface area contributed by atoms with Crippen LogP contribution in [-0.4, -0.2) is 4.98 Å². The van der Waals surface area contributed by atoms with E-state index in [0.29, 0.717) is 0 Å². The van der Waals surface area contributed by atoms with Crippen molar-refractivity contribution in [3.63, 3.8) is 0 Å². The van der Waals surface area contributed by atoms with E-state index >= 15 is 0 Å². The van der Waals surface area contributed by atoms with E-state index in [0.717, 1.165) is 65.0 Å². The Kier molecular flexibility index (Phi) is 8.90. The highest BCUT2D eigenvalue weighted by atomic mass is 32.1. The first-order chi connectivity index (χ1) is 26.2. The Bertz CT molecular complexity index is 2540. The smallest absolute Gasteiger partial charge is 0.124 e. The SMILES string of the molecule is Sc1cc2nc(-c3ccccc3)sc2c(-c2ccc(N(c3ccc(-c4ccccc4)cc3)c3ccc(-c4ccccc4)cc3)cc2)c1-c1ccccc1. The highest BCUT2D eigenvalue weighted by Gasteiger charge is 2.20. The van der Waals surface area contributed by atoms with Crippen molar-refractivity contribution in [3.05, 3.63) is 200 Å². The second-order valence-corrected chi connectivity index (χ2v) is 14.4. The van der Waals surface area contributed by atoms with Crippen LogP contribution in [0, 0.1) is 0 Å². The largest absolute Gasteiger partial charge is 0.311 e. The summed E-state index contributed by atoms with van der Waals surface area (Å²) in [6.45, 7) is 0. The second kappa shape index (κ2) is 14.4. The number of thiol groups is 1. The molecule has 9 rings (SSSR count). The molecular weight excluding hydrogens is 681 g/mol. The number of hydrogen-bond acceptors (Lipinski definition) is 4. The number of nitrogens with zero attached hydrogens (tertiary/aromatic N) is 2. The van der Waals surface area contributed by atoms with Gasteiger partial charge in [-0.05, 0) is 75.8 Å². The minimum Gasteiger partial charge on any atom is -0.311 e. The predicted octanol–water partition coefficient (Wildman–Crippen LogP) is 14.4. The summed E-state index contributed by atoms with van der Waals surface area (Å²) in [5, 5.41) is 1.00. The number of thiazole rings is 1. The first-order valence-corrected chi connectivity index (χ1v) is 18.9. The Labute approximate surface area is 319 Å². The van der Waals surface area contributed by atoms with Crippen LogP contribution >= 0.6 is 24.0 Å². The molecule has 0 unspecified atom stereocenters. The Balaban J connectivity index is 1.17. The van der Waals surface area contributed by atoms with Crippen LogP contribution in [0.5, 0.6) is 0 Å². The van der Waals surface area contributed by atoms with E-state index < -0.39 is 0 Å². The Hall–Kier alpha value is -6.20. The van der Waals surface area contributed by atoms with Crippen molar-refractivity contribution in [1.82, 2.24) is 4.98 Å². The van der Waals surface area contributed by atoms with E-state index in [1.165, 1.54) is 22.3 Å². The van der Waals surface area contributed by atoms with Crippen LogP contribution in [0.4, 0.5) is 17.1 Å². The van der Waals surface area contributed by atoms with Crippen LogP contribution in [0.3, 0.4) is 0 Å². The summed E-state index contributed by atoms with van der Waals surface area (Å²) in [4.78, 5) is 8.35. The van der Waals surface area contributed by atoms with Gasteiger partial charge in [0.1, 0.15) is 5.01 Å². The summed E-state index contributed by atoms with van der Waals surface area (Å²) in [6.07, 6.45) is 0. The molecule has 0 saturated carbocycles. The molecule has 0 atom stereocenters. The highest BCUT2D eigenvalue weighted by Crippen LogP contribution is 2.46. The van der Waals surface area contributed by atoms with Crippen molar-refractivity contribution in [3.8, 4) is 55.1 Å². The maximum absolute atomic E-state index is 5.11. The number of hydrogen-bond donors (Lipinski definition) is 1. The molecule has 1 heterocycles. The molecule has 0 N–H and O–H groups in total. The van der Waals surface area contributed by atoms with Crippen molar-refractivity contribution < 1.29 is 0 Å². The van der Waals surface area contributed by atoms with Gasteiger partial charge in [-0.2, -0.15) is 0 Å². The van der Waals surface area contributed by atoms with Gasteiger partial charge >= 0.3 is 0 Å². The average Bonchev–Trinajstić information content (AvgIpc) is 3.66. The second-order valence-electron chi connectivity index (χ2n) is 13.0. The molecule has 0 aliphatic rings. The summed E-state index contributed by atoms with van der Waals surface area (Å²) in [5.74, 6) is 0. The van der Waals surface area contributed by atoms with Gasteiger partial charge in [-0.1, -0.05) is 158 Å². The van der Waals surface area contributed by atoms with Gasteiger partial charge < -0.3 is 4.90 Å². The molecule has 1 aromatic heterocycles. The third kappa shape index (κ3) is 6.55. The zero-order valence-electron chi connectivity index (χ0n) is 28.8. The van der Waals surface area contributed by atoms with Gasteiger partial charge in [0.05, 0.1) is 10.2 Å². The van der Waals surface area contributed by atoms with E-state index in [-0.39, 0.29) is 0 Å². The van der Waals surface area contributed by atoms with Crippen molar-refractivity contribution in [1.29, 1.82) is 0 Å². The summed E-state index contributed by atoms with van der Waals surface area (Å²) in [6, 6.07) is 70.8. The standard InChI is InChI=1S/C49H34N2S2/c52-45-33-44-48(53-49(50-44)40-19-11-4-12-20-40)47(46(45)38-17-9-3-10-18-38)39-25-31-43(32-26-39)51(41-27-21-36(22-28-41)34-13-5-1-6-14-34)42-29-23-37(24-30-42)35-15-7-2-8-16-35/h1-33,52H. The molecule has 0 fully saturated rings. The van der Waals surface area contributed by atoms with E-state index in [4.69, 9.17) is 17.6 Å². The van der Waals surface area contributed by atoms with Gasteiger partial charge in [-0.25, -0.2) is 4.98 Å². The van der Waals surface area contributed by atoms with Crippen LogP contribution in [0.1, 0.15) is 0 Å². The summed E-state index contributed by atoms with van der Waals surface area (Å²) in [7, 11) is 0. The number of fused-ring (bicyclic) bond motifs is 1. The monoisotopic (exact) mass is 714 g/mol. The van der Waals surface area contributed by atoms with Gasteiger partial charge in [-0.15, -0.1) is 24.0 Å². The lowest BCUT2D eigenvalue weighted by atomic mass is 9.93. The third-order valence-corrected chi connectivity index (χ3v) is 11.1. The Morgan fingerprint density at radius 2 is 0.736 bits per heavy atom. The van der Waals surface area contributed by atoms with Crippen LogP contribution in [0.25, 0.3) is 65.3 Å². The summed E-state index contributed by atoms with van der Waals surface area (Å²) >= 11 is 6.81. The molecule has 0 spiro atoms. The first-order valence-electron chi connectivity index (χ1n) is 17.7. The molecular formula is C49H34N2S2. The molecule has 4 heteroatoms. The molecule has 252 valence electrons. The van der Waals surface area contributed by atoms with Crippen LogP contribution in [0.2, 0.25) is 0 Å². The molecule has 0 bridgehead atoms. The van der Waals surface area contributed by atoms with Crippen molar-refractivity contribution in [2.24, 2.45) is 0 Å². The van der Waals surface area contributed by atoms with E-state index in [2.05, 4.69) is 199 Å². The molecule has 0 radical (unpaired) electrons. The minimum atomic E-state index is 0.909. The molecule has 53 heavy (non-hydrogen) atoms. The predicted molar refractivity (Wildman–Crippen MR) is 229 cm³/mol. The lowest BCUT2D eigenvalue weighted by Crippen LogP contribution is -2.09. The van der Waals surface area contributed by atoms with Crippen LogP contribution < -0.4 is 4.90 Å². The lowest BCUT2D eigenvalue weighted by molar-refractivity contribution is 1.28. The van der Waals surface area contributed by atoms with E-state index in [1.807, 2.05) is 6.07 Å². The zero-order valence-corrected chi connectivity index (χ0v) is 30.5. The van der Waals surface area contributed by atoms with Crippen molar-refractivity contribution >= 4 is 51.2 Å². The molecule has 9 aromatic rings. The fraction of sp³-hybridized carbons (Fsp3) is 0. The Morgan fingerprint density at radius 1 is 0.377 bits per heavy atom. The van der Waals surface area contributed by atoms with Gasteiger partial charge in [-0.3, -0.25) is 0 Å². The normalized spacial score (nSPS) is 11.1. The fourth-order valence-corrected chi connectivity index (χ4v) is 8.51. The number of anilines is 3. The van der Waals surface area contributed by atoms with Crippen molar-refractivity contribution in [2.75, 3.05) is 4.90 Å². The third-order valence-electron chi connectivity index (χ3n) is 9.62. The number of rotatable bonds is 8. The quantitative estimate of drug-likeness (QED) is 0.158. The molecule has 2 nitrogen and oxygen atoms in total. The van der Waals surface area contributed by atoms with Crippen LogP contribution in [-0.2, 0) is 0 Å². The molecule has 0 saturated heterocycles. The van der Waals surface area contributed by atoms with Crippen molar-refractivity contribution in [2.45, 2.75) is 4.90 Å². The van der Waals surface area contributed by atoms with Gasteiger partial charge in [0, 0.05) is 38.6 Å². The number of benzene rings is 8. The molecule has 0 aliphatic heterocycles. The topological polar surface area (TPSA) is 16.1 Å². The van der Waals surface area contributed by atoms with Crippen LogP contribution in [0.15, 0.2) is 205 Å². The van der Waals surface area contributed by atoms with E-state index in [1.54, 1.807) is 11.3 Å².